The highest BCUT2D eigenvalue weighted by atomic mass is 16.5. The number of aliphatic hydroxyl groups is 1. The monoisotopic (exact) mass is 449 g/mol. The highest BCUT2D eigenvalue weighted by Crippen LogP contribution is 2.45. The van der Waals surface area contributed by atoms with Crippen LogP contribution in [0.4, 0.5) is 11.4 Å². The lowest BCUT2D eigenvalue weighted by Crippen LogP contribution is -2.47. The van der Waals surface area contributed by atoms with Gasteiger partial charge in [0.05, 0.1) is 42.3 Å². The van der Waals surface area contributed by atoms with Crippen LogP contribution in [0, 0.1) is 0 Å². The fraction of sp³-hybridized carbons (Fsp3) is 0.440. The number of anilines is 2. The molecule has 3 aromatic rings. The highest BCUT2D eigenvalue weighted by molar-refractivity contribution is 6.02. The Hall–Kier alpha value is -2.94. The molecule has 0 aliphatic carbocycles. The van der Waals surface area contributed by atoms with E-state index in [2.05, 4.69) is 46.0 Å². The number of nitrogens with zero attached hydrogens (tertiary/aromatic N) is 5. The molecular weight excluding hydrogens is 418 g/mol. The molecule has 174 valence electrons. The van der Waals surface area contributed by atoms with E-state index in [0.29, 0.717) is 19.1 Å². The number of hydrogen-bond acceptors (Lipinski definition) is 8. The van der Waals surface area contributed by atoms with Crippen LogP contribution >= 0.6 is 0 Å². The molecule has 0 bridgehead atoms. The van der Waals surface area contributed by atoms with Gasteiger partial charge < -0.3 is 29.3 Å². The molecule has 8 nitrogen and oxygen atoms in total. The average Bonchev–Trinajstić information content (AvgIpc) is 3.44. The second-order valence-electron chi connectivity index (χ2n) is 9.00. The molecule has 1 fully saturated rings. The fourth-order valence-electron chi connectivity index (χ4n) is 4.61. The highest BCUT2D eigenvalue weighted by Gasteiger charge is 2.39. The molecule has 0 saturated carbocycles. The Morgan fingerprint density at radius 3 is 2.73 bits per heavy atom. The smallest absolute Gasteiger partial charge is 0.213 e. The molecule has 4 heterocycles. The Balaban J connectivity index is 1.44. The predicted octanol–water partition coefficient (Wildman–Crippen LogP) is 2.95. The van der Waals surface area contributed by atoms with Gasteiger partial charge in [0.2, 0.25) is 12.2 Å². The van der Waals surface area contributed by atoms with Crippen molar-refractivity contribution in [2.45, 2.75) is 25.2 Å². The van der Waals surface area contributed by atoms with E-state index in [4.69, 9.17) is 9.47 Å². The number of aromatic nitrogens is 2. The van der Waals surface area contributed by atoms with Gasteiger partial charge in [0.15, 0.2) is 0 Å². The van der Waals surface area contributed by atoms with Gasteiger partial charge in [0.1, 0.15) is 0 Å². The van der Waals surface area contributed by atoms with Crippen LogP contribution in [0.2, 0.25) is 0 Å². The number of pyridine rings is 2. The van der Waals surface area contributed by atoms with Crippen molar-refractivity contribution in [2.24, 2.45) is 0 Å². The Morgan fingerprint density at radius 1 is 1.15 bits per heavy atom. The normalized spacial score (nSPS) is 20.2. The standard InChI is InChI=1S/C25H31N5O3/c1-28(2)10-4-11-33-23-8-6-18(14-27-23)17-5-7-21-20(13-17)24-22(15-26-21)29(3)25(31)30(24)19-9-12-32-16-19/h5-8,13-15,19,25,31H,4,9-12,16H2,1-3H3/t19-,25?/m1/s1. The summed E-state index contributed by atoms with van der Waals surface area (Å²) < 4.78 is 11.4. The molecule has 2 aliphatic rings. The number of aliphatic hydroxyl groups excluding tert-OH is 1. The van der Waals surface area contributed by atoms with Crippen LogP contribution in [0.15, 0.2) is 42.7 Å². The largest absolute Gasteiger partial charge is 0.478 e. The Morgan fingerprint density at radius 2 is 2.00 bits per heavy atom. The summed E-state index contributed by atoms with van der Waals surface area (Å²) in [4.78, 5) is 15.2. The van der Waals surface area contributed by atoms with Crippen molar-refractivity contribution >= 4 is 22.3 Å². The van der Waals surface area contributed by atoms with Gasteiger partial charge in [0.25, 0.3) is 0 Å². The molecule has 0 spiro atoms. The molecule has 5 rings (SSSR count). The molecule has 0 amide bonds. The van der Waals surface area contributed by atoms with Crippen molar-refractivity contribution < 1.29 is 14.6 Å². The third-order valence-electron chi connectivity index (χ3n) is 6.42. The van der Waals surface area contributed by atoms with Crippen molar-refractivity contribution in [2.75, 3.05) is 57.3 Å². The first-order chi connectivity index (χ1) is 16.0. The van der Waals surface area contributed by atoms with Crippen LogP contribution < -0.4 is 14.5 Å². The molecule has 33 heavy (non-hydrogen) atoms. The Bertz CT molecular complexity index is 1110. The minimum absolute atomic E-state index is 0.142. The number of ether oxygens (including phenoxy) is 2. The van der Waals surface area contributed by atoms with Gasteiger partial charge in [-0.3, -0.25) is 4.98 Å². The van der Waals surface area contributed by atoms with E-state index in [9.17, 15) is 5.11 Å². The number of rotatable bonds is 7. The zero-order valence-corrected chi connectivity index (χ0v) is 19.4. The van der Waals surface area contributed by atoms with Gasteiger partial charge >= 0.3 is 0 Å². The van der Waals surface area contributed by atoms with E-state index in [1.165, 1.54) is 0 Å². The van der Waals surface area contributed by atoms with E-state index in [1.807, 2.05) is 42.5 Å². The minimum Gasteiger partial charge on any atom is -0.478 e. The van der Waals surface area contributed by atoms with Crippen LogP contribution in [-0.2, 0) is 4.74 Å². The van der Waals surface area contributed by atoms with Crippen LogP contribution in [0.1, 0.15) is 12.8 Å². The summed E-state index contributed by atoms with van der Waals surface area (Å²) in [7, 11) is 6.01. The molecule has 2 atom stereocenters. The minimum atomic E-state index is -0.728. The molecule has 1 N–H and O–H groups in total. The lowest BCUT2D eigenvalue weighted by molar-refractivity contribution is 0.154. The van der Waals surface area contributed by atoms with E-state index < -0.39 is 6.35 Å². The maximum Gasteiger partial charge on any atom is 0.213 e. The summed E-state index contributed by atoms with van der Waals surface area (Å²) in [5.41, 5.74) is 4.91. The van der Waals surface area contributed by atoms with Gasteiger partial charge in [-0.25, -0.2) is 4.98 Å². The fourth-order valence-corrected chi connectivity index (χ4v) is 4.61. The topological polar surface area (TPSA) is 74.2 Å². The SMILES string of the molecule is CN(C)CCCOc1ccc(-c2ccc3ncc4c(c3c2)N([C@@H]2CCOC2)C(O)N4C)cn1. The molecular formula is C25H31N5O3. The van der Waals surface area contributed by atoms with Crippen LogP contribution in [0.5, 0.6) is 5.88 Å². The summed E-state index contributed by atoms with van der Waals surface area (Å²) >= 11 is 0. The Labute approximate surface area is 194 Å². The van der Waals surface area contributed by atoms with E-state index in [0.717, 1.165) is 59.4 Å². The lowest BCUT2D eigenvalue weighted by atomic mass is 10.0. The van der Waals surface area contributed by atoms with Crippen LogP contribution in [0.25, 0.3) is 22.0 Å². The number of fused-ring (bicyclic) bond motifs is 3. The van der Waals surface area contributed by atoms with Gasteiger partial charge in [-0.05, 0) is 50.7 Å². The van der Waals surface area contributed by atoms with Crippen molar-refractivity contribution in [1.82, 2.24) is 14.9 Å². The molecule has 8 heteroatoms. The predicted molar refractivity (Wildman–Crippen MR) is 130 cm³/mol. The maximum atomic E-state index is 11.0. The van der Waals surface area contributed by atoms with Gasteiger partial charge in [-0.1, -0.05) is 6.07 Å². The third-order valence-corrected chi connectivity index (χ3v) is 6.42. The summed E-state index contributed by atoms with van der Waals surface area (Å²) in [5.74, 6) is 0.637. The van der Waals surface area contributed by atoms with Crippen molar-refractivity contribution in [3.05, 3.63) is 42.7 Å². The molecule has 1 saturated heterocycles. The molecule has 2 aliphatic heterocycles. The van der Waals surface area contributed by atoms with Gasteiger partial charge in [-0.2, -0.15) is 0 Å². The summed E-state index contributed by atoms with van der Waals surface area (Å²) in [6.45, 7) is 2.97. The first-order valence-electron chi connectivity index (χ1n) is 11.5. The average molecular weight is 450 g/mol. The summed E-state index contributed by atoms with van der Waals surface area (Å²) in [6.07, 6.45) is 4.83. The van der Waals surface area contributed by atoms with E-state index in [1.54, 1.807) is 0 Å². The maximum absolute atomic E-state index is 11.0. The number of benzene rings is 1. The third kappa shape index (κ3) is 4.21. The quantitative estimate of drug-likeness (QED) is 0.552. The van der Waals surface area contributed by atoms with Crippen molar-refractivity contribution in [3.63, 3.8) is 0 Å². The van der Waals surface area contributed by atoms with Gasteiger partial charge in [-0.15, -0.1) is 0 Å². The van der Waals surface area contributed by atoms with Crippen LogP contribution in [0.3, 0.4) is 0 Å². The molecule has 0 radical (unpaired) electrons. The molecule has 1 aromatic carbocycles. The van der Waals surface area contributed by atoms with Gasteiger partial charge in [0, 0.05) is 43.4 Å². The van der Waals surface area contributed by atoms with E-state index in [-0.39, 0.29) is 6.04 Å². The summed E-state index contributed by atoms with van der Waals surface area (Å²) in [5, 5.41) is 12.0. The second kappa shape index (κ2) is 9.13. The first kappa shape index (κ1) is 21.9. The van der Waals surface area contributed by atoms with Crippen molar-refractivity contribution in [1.29, 1.82) is 0 Å². The van der Waals surface area contributed by atoms with Crippen LogP contribution in [-0.4, -0.2) is 79.9 Å². The Kier molecular flexibility index (Phi) is 6.05. The zero-order valence-electron chi connectivity index (χ0n) is 19.4. The number of hydrogen-bond donors (Lipinski definition) is 1. The zero-order chi connectivity index (χ0) is 22.9. The molecule has 1 unspecified atom stereocenters. The van der Waals surface area contributed by atoms with Crippen molar-refractivity contribution in [3.8, 4) is 17.0 Å². The first-order valence-corrected chi connectivity index (χ1v) is 11.5. The summed E-state index contributed by atoms with van der Waals surface area (Å²) in [6, 6.07) is 10.3. The lowest BCUT2D eigenvalue weighted by Gasteiger charge is -2.30. The second-order valence-corrected chi connectivity index (χ2v) is 9.00. The van der Waals surface area contributed by atoms with E-state index >= 15 is 0 Å². The molecule has 2 aromatic heterocycles.